The number of aliphatic hydroxyl groups is 1. The number of hydrogen-bond acceptors (Lipinski definition) is 5. The van der Waals surface area contributed by atoms with Crippen molar-refractivity contribution in [2.75, 3.05) is 32.8 Å². The number of amides is 1. The van der Waals surface area contributed by atoms with Crippen molar-refractivity contribution in [3.05, 3.63) is 60.7 Å². The lowest BCUT2D eigenvalue weighted by Gasteiger charge is -2.38. The topological polar surface area (TPSA) is 74.7 Å². The van der Waals surface area contributed by atoms with Crippen LogP contribution in [-0.2, 0) is 4.79 Å². The van der Waals surface area contributed by atoms with E-state index in [1.807, 2.05) is 36.4 Å². The Balaban J connectivity index is 1.15. The first kappa shape index (κ1) is 21.8. The van der Waals surface area contributed by atoms with Gasteiger partial charge in [-0.15, -0.1) is 0 Å². The minimum atomic E-state index is -0.582. The third-order valence-electron chi connectivity index (χ3n) is 6.87. The van der Waals surface area contributed by atoms with Crippen LogP contribution in [0.4, 0.5) is 4.39 Å². The molecule has 2 fully saturated rings. The minimum absolute atomic E-state index is 0.116. The molecule has 5 rings (SSSR count). The fourth-order valence-corrected chi connectivity index (χ4v) is 4.92. The number of rotatable bonds is 6. The molecule has 3 heterocycles. The maximum absolute atomic E-state index is 13.5. The van der Waals surface area contributed by atoms with Gasteiger partial charge in [0.2, 0.25) is 5.91 Å². The van der Waals surface area contributed by atoms with E-state index in [0.29, 0.717) is 18.7 Å². The van der Waals surface area contributed by atoms with E-state index >= 15 is 0 Å². The molecule has 1 spiro atoms. The molecule has 1 atom stereocenters. The van der Waals surface area contributed by atoms with Crippen molar-refractivity contribution in [2.24, 2.45) is 5.41 Å². The molecule has 7 heteroatoms. The number of carbonyl (C=O) groups is 1. The first-order valence-electron chi connectivity index (χ1n) is 11.4. The van der Waals surface area contributed by atoms with Crippen LogP contribution >= 0.6 is 0 Å². The summed E-state index contributed by atoms with van der Waals surface area (Å²) in [6, 6.07) is 13.2. The number of piperidine rings is 1. The van der Waals surface area contributed by atoms with E-state index in [1.165, 1.54) is 12.3 Å². The molecule has 33 heavy (non-hydrogen) atoms. The Morgan fingerprint density at radius 3 is 2.64 bits per heavy atom. The molecule has 1 aromatic heterocycles. The maximum Gasteiger partial charge on any atom is 0.220 e. The number of nitrogens with zero attached hydrogens (tertiary/aromatic N) is 2. The van der Waals surface area contributed by atoms with Crippen LogP contribution in [-0.4, -0.2) is 59.8 Å². The smallest absolute Gasteiger partial charge is 0.220 e. The number of hydrogen-bond donors (Lipinski definition) is 2. The summed E-state index contributed by atoms with van der Waals surface area (Å²) in [6.07, 6.45) is 4.86. The summed E-state index contributed by atoms with van der Waals surface area (Å²) in [6.45, 7) is 3.36. The molecule has 0 saturated carbocycles. The van der Waals surface area contributed by atoms with Crippen LogP contribution in [0.25, 0.3) is 21.9 Å². The van der Waals surface area contributed by atoms with Crippen molar-refractivity contribution in [2.45, 2.75) is 25.4 Å². The molecule has 2 aromatic carbocycles. The van der Waals surface area contributed by atoms with Crippen molar-refractivity contribution in [3.8, 4) is 16.9 Å². The Hall–Kier alpha value is -3.03. The zero-order valence-corrected chi connectivity index (χ0v) is 18.5. The summed E-state index contributed by atoms with van der Waals surface area (Å²) in [5.41, 5.74) is 1.75. The van der Waals surface area contributed by atoms with Crippen LogP contribution in [0.3, 0.4) is 0 Å². The number of ether oxygens (including phenoxy) is 1. The van der Waals surface area contributed by atoms with Gasteiger partial charge in [-0.25, -0.2) is 4.39 Å². The molecule has 0 aliphatic carbocycles. The molecule has 6 nitrogen and oxygen atoms in total. The Bertz CT molecular complexity index is 1160. The van der Waals surface area contributed by atoms with Crippen LogP contribution in [0.5, 0.6) is 5.75 Å². The van der Waals surface area contributed by atoms with Gasteiger partial charge in [0.25, 0.3) is 0 Å². The molecule has 2 N–H and O–H groups in total. The van der Waals surface area contributed by atoms with Gasteiger partial charge in [-0.3, -0.25) is 9.78 Å². The Morgan fingerprint density at radius 1 is 1.09 bits per heavy atom. The lowest BCUT2D eigenvalue weighted by Crippen LogP contribution is -2.45. The lowest BCUT2D eigenvalue weighted by molar-refractivity contribution is -0.119. The van der Waals surface area contributed by atoms with Crippen LogP contribution in [0, 0.1) is 11.2 Å². The molecule has 2 aliphatic heterocycles. The molecular weight excluding hydrogens is 421 g/mol. The first-order chi connectivity index (χ1) is 16.0. The molecular formula is C26H28FN3O3. The normalized spacial score (nSPS) is 19.0. The van der Waals surface area contributed by atoms with Gasteiger partial charge in [0, 0.05) is 31.3 Å². The van der Waals surface area contributed by atoms with Gasteiger partial charge in [-0.1, -0.05) is 18.2 Å². The van der Waals surface area contributed by atoms with Crippen LogP contribution in [0.15, 0.2) is 54.9 Å². The summed E-state index contributed by atoms with van der Waals surface area (Å²) >= 11 is 0. The highest BCUT2D eigenvalue weighted by Gasteiger charge is 2.40. The fraction of sp³-hybridized carbons (Fsp3) is 0.385. The van der Waals surface area contributed by atoms with Gasteiger partial charge >= 0.3 is 0 Å². The molecule has 3 aromatic rings. The van der Waals surface area contributed by atoms with Gasteiger partial charge in [0.1, 0.15) is 24.3 Å². The van der Waals surface area contributed by atoms with Gasteiger partial charge in [0.15, 0.2) is 0 Å². The number of benzene rings is 2. The van der Waals surface area contributed by atoms with E-state index in [-0.39, 0.29) is 23.7 Å². The largest absolute Gasteiger partial charge is 0.491 e. The van der Waals surface area contributed by atoms with Crippen molar-refractivity contribution in [1.82, 2.24) is 15.2 Å². The number of aliphatic hydroxyl groups excluding tert-OH is 1. The van der Waals surface area contributed by atoms with E-state index in [9.17, 15) is 14.3 Å². The van der Waals surface area contributed by atoms with Crippen molar-refractivity contribution >= 4 is 16.7 Å². The molecule has 2 aliphatic rings. The van der Waals surface area contributed by atoms with Crippen molar-refractivity contribution in [1.29, 1.82) is 0 Å². The van der Waals surface area contributed by atoms with Crippen LogP contribution in [0.2, 0.25) is 0 Å². The van der Waals surface area contributed by atoms with E-state index in [4.69, 9.17) is 4.74 Å². The molecule has 1 unspecified atom stereocenters. The van der Waals surface area contributed by atoms with Crippen LogP contribution in [0.1, 0.15) is 19.3 Å². The van der Waals surface area contributed by atoms with Crippen molar-refractivity contribution in [3.63, 3.8) is 0 Å². The van der Waals surface area contributed by atoms with Crippen LogP contribution < -0.4 is 10.1 Å². The Labute approximate surface area is 192 Å². The highest BCUT2D eigenvalue weighted by Crippen LogP contribution is 2.37. The number of likely N-dealkylation sites (tertiary alicyclic amines) is 1. The summed E-state index contributed by atoms with van der Waals surface area (Å²) in [4.78, 5) is 17.7. The SMILES string of the molecule is O=C1CC2(CCN(CC(O)COc3ccc4cc(-c5cncc(F)c5)ccc4c3)CC2)CN1. The predicted molar refractivity (Wildman–Crippen MR) is 124 cm³/mol. The zero-order chi connectivity index (χ0) is 22.8. The molecule has 0 radical (unpaired) electrons. The number of carbonyl (C=O) groups excluding carboxylic acids is 1. The van der Waals surface area contributed by atoms with Gasteiger partial charge in [0.05, 0.1) is 6.20 Å². The van der Waals surface area contributed by atoms with E-state index in [0.717, 1.165) is 54.4 Å². The first-order valence-corrected chi connectivity index (χ1v) is 11.4. The third kappa shape index (κ3) is 4.99. The molecule has 172 valence electrons. The number of β-amino-alcohol motifs (C(OH)–C–C–N with tert-alkyl or cyclic N) is 1. The third-order valence-corrected chi connectivity index (χ3v) is 6.87. The number of halogens is 1. The lowest BCUT2D eigenvalue weighted by atomic mass is 9.77. The highest BCUT2D eigenvalue weighted by atomic mass is 19.1. The summed E-state index contributed by atoms with van der Waals surface area (Å²) in [7, 11) is 0. The minimum Gasteiger partial charge on any atom is -0.491 e. The van der Waals surface area contributed by atoms with Crippen molar-refractivity contribution < 1.29 is 19.0 Å². The van der Waals surface area contributed by atoms with E-state index in [1.54, 1.807) is 6.20 Å². The molecule has 1 amide bonds. The van der Waals surface area contributed by atoms with E-state index in [2.05, 4.69) is 15.2 Å². The van der Waals surface area contributed by atoms with E-state index < -0.39 is 6.10 Å². The Kier molecular flexibility index (Phi) is 6.00. The summed E-state index contributed by atoms with van der Waals surface area (Å²) in [5.74, 6) is 0.508. The average molecular weight is 450 g/mol. The number of pyridine rings is 1. The van der Waals surface area contributed by atoms with Gasteiger partial charge in [-0.05, 0) is 71.9 Å². The molecule has 2 saturated heterocycles. The zero-order valence-electron chi connectivity index (χ0n) is 18.5. The Morgan fingerprint density at radius 2 is 1.88 bits per heavy atom. The quantitative estimate of drug-likeness (QED) is 0.604. The summed E-state index contributed by atoms with van der Waals surface area (Å²) in [5, 5.41) is 15.5. The second-order valence-electron chi connectivity index (χ2n) is 9.33. The highest BCUT2D eigenvalue weighted by molar-refractivity contribution is 5.88. The number of fused-ring (bicyclic) bond motifs is 1. The molecule has 0 bridgehead atoms. The number of aromatic nitrogens is 1. The number of nitrogens with one attached hydrogen (secondary N) is 1. The second-order valence-corrected chi connectivity index (χ2v) is 9.33. The standard InChI is InChI=1S/C26H28FN3O3/c27-22-10-21(13-28-14-22)19-1-2-20-11-24(4-3-18(20)9-19)33-16-23(31)15-30-7-5-26(6-8-30)12-25(32)29-17-26/h1-4,9-11,13-14,23,31H,5-8,12,15-17H2,(H,29,32). The monoisotopic (exact) mass is 449 g/mol. The summed E-state index contributed by atoms with van der Waals surface area (Å²) < 4.78 is 19.3. The average Bonchev–Trinajstić information content (AvgIpc) is 3.19. The maximum atomic E-state index is 13.5. The predicted octanol–water partition coefficient (Wildman–Crippen LogP) is 3.38. The van der Waals surface area contributed by atoms with Gasteiger partial charge < -0.3 is 20.1 Å². The second kappa shape index (κ2) is 9.08. The van der Waals surface area contributed by atoms with Gasteiger partial charge in [-0.2, -0.15) is 0 Å². The fourth-order valence-electron chi connectivity index (χ4n) is 4.92.